The zero-order valence-corrected chi connectivity index (χ0v) is 16.4. The highest BCUT2D eigenvalue weighted by Crippen LogP contribution is 2.30. The number of hydrogen-bond donors (Lipinski definition) is 2. The van der Waals surface area contributed by atoms with E-state index in [1.54, 1.807) is 0 Å². The van der Waals surface area contributed by atoms with Crippen molar-refractivity contribution in [1.82, 2.24) is 9.88 Å². The monoisotopic (exact) mass is 362 g/mol. The molecule has 142 valence electrons. The maximum Gasteiger partial charge on any atom is 0.0940 e. The lowest BCUT2D eigenvalue weighted by atomic mass is 9.90. The van der Waals surface area contributed by atoms with Crippen LogP contribution >= 0.6 is 0 Å². The van der Waals surface area contributed by atoms with Crippen molar-refractivity contribution < 1.29 is 5.11 Å². The first-order valence-corrected chi connectivity index (χ1v) is 10.1. The summed E-state index contributed by atoms with van der Waals surface area (Å²) in [6, 6.07) is 17.2. The molecule has 1 saturated heterocycles. The second-order valence-electron chi connectivity index (χ2n) is 8.16. The zero-order chi connectivity index (χ0) is 18.8. The van der Waals surface area contributed by atoms with Crippen molar-refractivity contribution in [2.75, 3.05) is 19.6 Å². The summed E-state index contributed by atoms with van der Waals surface area (Å²) in [6.07, 6.45) is 3.17. The molecule has 27 heavy (non-hydrogen) atoms. The molecule has 1 atom stereocenters. The summed E-state index contributed by atoms with van der Waals surface area (Å²) in [5.41, 5.74) is 5.95. The molecule has 0 aliphatic carbocycles. The molecule has 0 saturated carbocycles. The largest absolute Gasteiger partial charge is 0.387 e. The van der Waals surface area contributed by atoms with Crippen LogP contribution in [0.15, 0.2) is 48.5 Å². The van der Waals surface area contributed by atoms with Gasteiger partial charge in [0.2, 0.25) is 0 Å². The number of β-amino-alcohol motifs (C(OH)–C–C–N with tert-alkyl or cyclic N) is 1. The van der Waals surface area contributed by atoms with E-state index in [2.05, 4.69) is 72.3 Å². The molecule has 0 bridgehead atoms. The molecular formula is C24H30N2O. The van der Waals surface area contributed by atoms with Gasteiger partial charge in [-0.2, -0.15) is 0 Å². The number of likely N-dealkylation sites (tertiary alicyclic amines) is 1. The first kappa shape index (κ1) is 18.3. The van der Waals surface area contributed by atoms with Crippen molar-refractivity contribution in [3.63, 3.8) is 0 Å². The van der Waals surface area contributed by atoms with Gasteiger partial charge in [0.1, 0.15) is 0 Å². The Morgan fingerprint density at radius 3 is 2.56 bits per heavy atom. The van der Waals surface area contributed by atoms with Crippen LogP contribution in [0.25, 0.3) is 10.9 Å². The van der Waals surface area contributed by atoms with Crippen molar-refractivity contribution in [2.24, 2.45) is 5.92 Å². The van der Waals surface area contributed by atoms with Crippen molar-refractivity contribution in [3.05, 3.63) is 70.9 Å². The summed E-state index contributed by atoms with van der Waals surface area (Å²) < 4.78 is 0. The molecular weight excluding hydrogens is 332 g/mol. The zero-order valence-electron chi connectivity index (χ0n) is 16.4. The van der Waals surface area contributed by atoms with Crippen molar-refractivity contribution in [2.45, 2.75) is 39.2 Å². The highest BCUT2D eigenvalue weighted by Gasteiger charge is 2.24. The lowest BCUT2D eigenvalue weighted by Gasteiger charge is -2.33. The van der Waals surface area contributed by atoms with Gasteiger partial charge in [0.15, 0.2) is 0 Å². The minimum absolute atomic E-state index is 0.439. The first-order valence-electron chi connectivity index (χ1n) is 10.1. The summed E-state index contributed by atoms with van der Waals surface area (Å²) in [4.78, 5) is 5.86. The van der Waals surface area contributed by atoms with Crippen LogP contribution in [-0.2, 0) is 6.42 Å². The molecule has 3 nitrogen and oxygen atoms in total. The van der Waals surface area contributed by atoms with Crippen molar-refractivity contribution in [3.8, 4) is 0 Å². The molecule has 1 aliphatic rings. The fraction of sp³-hybridized carbons (Fsp3) is 0.417. The number of aliphatic hydroxyl groups excluding tert-OH is 1. The predicted octanol–water partition coefficient (Wildman–Crippen LogP) is 4.77. The Bertz CT molecular complexity index is 891. The van der Waals surface area contributed by atoms with Gasteiger partial charge in [-0.25, -0.2) is 0 Å². The average Bonchev–Trinajstić information content (AvgIpc) is 2.99. The molecule has 4 rings (SSSR count). The van der Waals surface area contributed by atoms with Gasteiger partial charge < -0.3 is 15.0 Å². The van der Waals surface area contributed by atoms with E-state index in [-0.39, 0.29) is 0 Å². The number of hydrogen-bond acceptors (Lipinski definition) is 2. The van der Waals surface area contributed by atoms with E-state index < -0.39 is 6.10 Å². The second kappa shape index (κ2) is 7.87. The average molecular weight is 363 g/mol. The normalized spacial score (nSPS) is 17.4. The first-order chi connectivity index (χ1) is 13.1. The third-order valence-corrected chi connectivity index (χ3v) is 6.03. The Morgan fingerprint density at radius 2 is 1.81 bits per heavy atom. The lowest BCUT2D eigenvalue weighted by molar-refractivity contribution is 0.0898. The van der Waals surface area contributed by atoms with Crippen LogP contribution < -0.4 is 0 Å². The number of rotatable bonds is 5. The number of nitrogens with zero attached hydrogens (tertiary/aromatic N) is 1. The third-order valence-electron chi connectivity index (χ3n) is 6.03. The fourth-order valence-electron chi connectivity index (χ4n) is 4.55. The number of aromatic amines is 1. The van der Waals surface area contributed by atoms with Crippen LogP contribution in [0.3, 0.4) is 0 Å². The minimum atomic E-state index is -0.439. The van der Waals surface area contributed by atoms with Crippen LogP contribution in [0, 0.1) is 19.8 Å². The van der Waals surface area contributed by atoms with E-state index in [0.29, 0.717) is 0 Å². The standard InChI is InChI=1S/C24H30N2O/c1-17-8-9-22-21(14-17)24(18(2)25-22)23(27)16-26-12-10-20(11-13-26)15-19-6-4-3-5-7-19/h3-9,14,20,23,25,27H,10-13,15-16H2,1-2H3/t23-/m0/s1. The molecule has 1 aliphatic heterocycles. The number of nitrogens with one attached hydrogen (secondary N) is 1. The van der Waals surface area contributed by atoms with Gasteiger partial charge in [0.05, 0.1) is 6.10 Å². The number of fused-ring (bicyclic) bond motifs is 1. The van der Waals surface area contributed by atoms with Gasteiger partial charge in [0.25, 0.3) is 0 Å². The Hall–Kier alpha value is -2.10. The Labute approximate surface area is 162 Å². The predicted molar refractivity (Wildman–Crippen MR) is 112 cm³/mol. The number of benzene rings is 2. The van der Waals surface area contributed by atoms with Crippen molar-refractivity contribution in [1.29, 1.82) is 0 Å². The molecule has 1 aromatic heterocycles. The lowest BCUT2D eigenvalue weighted by Crippen LogP contribution is -2.37. The van der Waals surface area contributed by atoms with Crippen LogP contribution in [0.4, 0.5) is 0 Å². The topological polar surface area (TPSA) is 39.3 Å². The molecule has 2 heterocycles. The number of H-pyrrole nitrogens is 1. The quantitative estimate of drug-likeness (QED) is 0.686. The smallest absolute Gasteiger partial charge is 0.0940 e. The van der Waals surface area contributed by atoms with Crippen LogP contribution in [0.1, 0.15) is 41.3 Å². The maximum absolute atomic E-state index is 11.0. The number of aryl methyl sites for hydroxylation is 2. The summed E-state index contributed by atoms with van der Waals surface area (Å²) >= 11 is 0. The second-order valence-corrected chi connectivity index (χ2v) is 8.16. The minimum Gasteiger partial charge on any atom is -0.387 e. The van der Waals surface area contributed by atoms with E-state index in [1.807, 2.05) is 0 Å². The molecule has 1 fully saturated rings. The highest BCUT2D eigenvalue weighted by atomic mass is 16.3. The molecule has 0 spiro atoms. The molecule has 0 amide bonds. The maximum atomic E-state index is 11.0. The van der Waals surface area contributed by atoms with Gasteiger partial charge in [-0.05, 0) is 69.8 Å². The fourth-order valence-corrected chi connectivity index (χ4v) is 4.55. The SMILES string of the molecule is Cc1ccc2[nH]c(C)c([C@@H](O)CN3CCC(Cc4ccccc4)CC3)c2c1. The Balaban J connectivity index is 1.38. The van der Waals surface area contributed by atoms with Gasteiger partial charge in [-0.1, -0.05) is 42.0 Å². The van der Waals surface area contributed by atoms with E-state index in [4.69, 9.17) is 0 Å². The van der Waals surface area contributed by atoms with Gasteiger partial charge in [-0.15, -0.1) is 0 Å². The van der Waals surface area contributed by atoms with Gasteiger partial charge >= 0.3 is 0 Å². The molecule has 0 radical (unpaired) electrons. The summed E-state index contributed by atoms with van der Waals surface area (Å²) in [5, 5.41) is 12.1. The highest BCUT2D eigenvalue weighted by molar-refractivity contribution is 5.85. The van der Waals surface area contributed by atoms with Gasteiger partial charge in [0, 0.05) is 28.7 Å². The van der Waals surface area contributed by atoms with E-state index >= 15 is 0 Å². The van der Waals surface area contributed by atoms with E-state index in [0.717, 1.165) is 42.3 Å². The van der Waals surface area contributed by atoms with Gasteiger partial charge in [-0.3, -0.25) is 0 Å². The molecule has 3 aromatic rings. The number of piperidine rings is 1. The number of aliphatic hydroxyl groups is 1. The number of aromatic nitrogens is 1. The summed E-state index contributed by atoms with van der Waals surface area (Å²) in [5.74, 6) is 0.762. The Kier molecular flexibility index (Phi) is 5.33. The molecule has 2 aromatic carbocycles. The van der Waals surface area contributed by atoms with Crippen molar-refractivity contribution >= 4 is 10.9 Å². The summed E-state index contributed by atoms with van der Waals surface area (Å²) in [7, 11) is 0. The molecule has 3 heteroatoms. The van der Waals surface area contributed by atoms with Crippen LogP contribution in [-0.4, -0.2) is 34.6 Å². The van der Waals surface area contributed by atoms with Crippen LogP contribution in [0.2, 0.25) is 0 Å². The van der Waals surface area contributed by atoms with Crippen LogP contribution in [0.5, 0.6) is 0 Å². The van der Waals surface area contributed by atoms with E-state index in [1.165, 1.54) is 35.8 Å². The Morgan fingerprint density at radius 1 is 1.07 bits per heavy atom. The third kappa shape index (κ3) is 4.10. The van der Waals surface area contributed by atoms with E-state index in [9.17, 15) is 5.11 Å². The molecule has 2 N–H and O–H groups in total. The molecule has 0 unspecified atom stereocenters. The summed E-state index contributed by atoms with van der Waals surface area (Å²) in [6.45, 7) is 7.05.